The highest BCUT2D eigenvalue weighted by atomic mass is 16.1. The summed E-state index contributed by atoms with van der Waals surface area (Å²) in [5.41, 5.74) is 3.59. The quantitative estimate of drug-likeness (QED) is 0.788. The Hall–Kier alpha value is -2.56. The normalized spacial score (nSPS) is 10.6. The molecule has 1 aromatic carbocycles. The van der Waals surface area contributed by atoms with Crippen molar-refractivity contribution >= 4 is 23.1 Å². The van der Waals surface area contributed by atoms with Crippen LogP contribution in [0.5, 0.6) is 0 Å². The number of amides is 1. The highest BCUT2D eigenvalue weighted by molar-refractivity contribution is 6.04. The van der Waals surface area contributed by atoms with Gasteiger partial charge in [-0.3, -0.25) is 4.79 Å². The first-order chi connectivity index (χ1) is 11.9. The van der Waals surface area contributed by atoms with Gasteiger partial charge < -0.3 is 15.5 Å². The van der Waals surface area contributed by atoms with Gasteiger partial charge in [0, 0.05) is 36.7 Å². The molecule has 1 heterocycles. The number of carbonyl (C=O) groups is 1. The summed E-state index contributed by atoms with van der Waals surface area (Å²) in [6.07, 6.45) is 1.60. The zero-order valence-electron chi connectivity index (χ0n) is 15.8. The minimum atomic E-state index is -0.151. The van der Waals surface area contributed by atoms with Gasteiger partial charge in [0.15, 0.2) is 0 Å². The van der Waals surface area contributed by atoms with E-state index in [0.717, 1.165) is 30.2 Å². The van der Waals surface area contributed by atoms with E-state index in [0.29, 0.717) is 11.6 Å². The van der Waals surface area contributed by atoms with E-state index in [1.807, 2.05) is 39.0 Å². The van der Waals surface area contributed by atoms with Crippen LogP contribution in [-0.2, 0) is 0 Å². The number of pyridine rings is 1. The lowest BCUT2D eigenvalue weighted by Gasteiger charge is -2.22. The molecule has 5 nitrogen and oxygen atoms in total. The van der Waals surface area contributed by atoms with Crippen molar-refractivity contribution in [3.63, 3.8) is 0 Å². The fourth-order valence-corrected chi connectivity index (χ4v) is 2.68. The Labute approximate surface area is 150 Å². The largest absolute Gasteiger partial charge is 0.372 e. The lowest BCUT2D eigenvalue weighted by atomic mass is 10.1. The van der Waals surface area contributed by atoms with E-state index in [1.165, 1.54) is 5.69 Å². The van der Waals surface area contributed by atoms with Crippen molar-refractivity contribution in [1.82, 2.24) is 4.98 Å². The molecule has 134 valence electrons. The van der Waals surface area contributed by atoms with Gasteiger partial charge in [0.25, 0.3) is 5.91 Å². The predicted molar refractivity (Wildman–Crippen MR) is 106 cm³/mol. The number of hydrogen-bond donors (Lipinski definition) is 2. The van der Waals surface area contributed by atoms with E-state index >= 15 is 0 Å². The lowest BCUT2D eigenvalue weighted by Crippen LogP contribution is -2.22. The fourth-order valence-electron chi connectivity index (χ4n) is 2.68. The Morgan fingerprint density at radius 2 is 1.88 bits per heavy atom. The van der Waals surface area contributed by atoms with E-state index in [-0.39, 0.29) is 5.91 Å². The molecule has 0 saturated heterocycles. The molecule has 0 aliphatic rings. The van der Waals surface area contributed by atoms with Crippen LogP contribution in [0.15, 0.2) is 36.5 Å². The lowest BCUT2D eigenvalue weighted by molar-refractivity contribution is 0.102. The number of aryl methyl sites for hydroxylation is 1. The number of hydrogen-bond acceptors (Lipinski definition) is 4. The molecule has 1 amide bonds. The summed E-state index contributed by atoms with van der Waals surface area (Å²) in [5, 5.41) is 6.18. The fraction of sp³-hybridized carbons (Fsp3) is 0.400. The van der Waals surface area contributed by atoms with E-state index in [1.54, 1.807) is 12.3 Å². The molecule has 0 spiro atoms. The molecule has 0 fully saturated rings. The number of anilines is 3. The van der Waals surface area contributed by atoms with Crippen molar-refractivity contribution in [3.8, 4) is 0 Å². The van der Waals surface area contributed by atoms with Gasteiger partial charge >= 0.3 is 0 Å². The second kappa shape index (κ2) is 8.51. The van der Waals surface area contributed by atoms with Crippen molar-refractivity contribution in [3.05, 3.63) is 47.7 Å². The van der Waals surface area contributed by atoms with Gasteiger partial charge in [0.1, 0.15) is 5.82 Å². The van der Waals surface area contributed by atoms with Crippen LogP contribution < -0.4 is 15.5 Å². The zero-order valence-corrected chi connectivity index (χ0v) is 15.8. The van der Waals surface area contributed by atoms with Crippen molar-refractivity contribution in [2.24, 2.45) is 0 Å². The average molecular weight is 340 g/mol. The second-order valence-corrected chi connectivity index (χ2v) is 6.36. The Morgan fingerprint density at radius 3 is 2.40 bits per heavy atom. The molecule has 2 N–H and O–H groups in total. The third-order valence-electron chi connectivity index (χ3n) is 4.05. The SMILES string of the molecule is CCN(CC)c1ccc(NC(=O)c2ccc(NC(C)C)nc2)c(C)c1. The third-order valence-corrected chi connectivity index (χ3v) is 4.05. The van der Waals surface area contributed by atoms with Gasteiger partial charge in [-0.1, -0.05) is 0 Å². The number of rotatable bonds is 7. The van der Waals surface area contributed by atoms with Crippen molar-refractivity contribution in [1.29, 1.82) is 0 Å². The maximum absolute atomic E-state index is 12.4. The van der Waals surface area contributed by atoms with Gasteiger partial charge in [-0.05, 0) is 70.5 Å². The molecule has 2 rings (SSSR count). The molecule has 1 aromatic heterocycles. The number of nitrogens with one attached hydrogen (secondary N) is 2. The highest BCUT2D eigenvalue weighted by Crippen LogP contribution is 2.23. The molecule has 5 heteroatoms. The number of aromatic nitrogens is 1. The zero-order chi connectivity index (χ0) is 18.4. The first kappa shape index (κ1) is 18.8. The van der Waals surface area contributed by atoms with Crippen molar-refractivity contribution in [2.45, 2.75) is 40.7 Å². The van der Waals surface area contributed by atoms with Gasteiger partial charge in [-0.2, -0.15) is 0 Å². The summed E-state index contributed by atoms with van der Waals surface area (Å²) >= 11 is 0. The number of carbonyl (C=O) groups excluding carboxylic acids is 1. The molecule has 0 unspecified atom stereocenters. The maximum atomic E-state index is 12.4. The molecule has 2 aromatic rings. The van der Waals surface area contributed by atoms with Gasteiger partial charge in [0.2, 0.25) is 0 Å². The van der Waals surface area contributed by atoms with Gasteiger partial charge in [-0.15, -0.1) is 0 Å². The standard InChI is InChI=1S/C20H28N4O/c1-6-24(7-2)17-9-10-18(15(5)12-17)23-20(25)16-8-11-19(21-13-16)22-14(3)4/h8-14H,6-7H2,1-5H3,(H,21,22)(H,23,25). The summed E-state index contributed by atoms with van der Waals surface area (Å²) in [4.78, 5) is 19.0. The first-order valence-electron chi connectivity index (χ1n) is 8.84. The van der Waals surface area contributed by atoms with Crippen LogP contribution in [0.25, 0.3) is 0 Å². The summed E-state index contributed by atoms with van der Waals surface area (Å²) < 4.78 is 0. The Morgan fingerprint density at radius 1 is 1.16 bits per heavy atom. The molecule has 0 aliphatic carbocycles. The molecule has 0 saturated carbocycles. The van der Waals surface area contributed by atoms with Crippen LogP contribution in [0.1, 0.15) is 43.6 Å². The predicted octanol–water partition coefficient (Wildman–Crippen LogP) is 4.31. The van der Waals surface area contributed by atoms with Gasteiger partial charge in [-0.25, -0.2) is 4.98 Å². The molecule has 25 heavy (non-hydrogen) atoms. The molecule has 0 bridgehead atoms. The summed E-state index contributed by atoms with van der Waals surface area (Å²) in [6.45, 7) is 12.3. The van der Waals surface area contributed by atoms with Crippen molar-refractivity contribution < 1.29 is 4.79 Å². The van der Waals surface area contributed by atoms with Crippen LogP contribution in [0, 0.1) is 6.92 Å². The first-order valence-corrected chi connectivity index (χ1v) is 8.84. The van der Waals surface area contributed by atoms with Crippen LogP contribution >= 0.6 is 0 Å². The topological polar surface area (TPSA) is 57.3 Å². The number of benzene rings is 1. The number of nitrogens with zero attached hydrogens (tertiary/aromatic N) is 2. The second-order valence-electron chi connectivity index (χ2n) is 6.36. The smallest absolute Gasteiger partial charge is 0.257 e. The Bertz CT molecular complexity index is 706. The van der Waals surface area contributed by atoms with Crippen LogP contribution in [0.2, 0.25) is 0 Å². The van der Waals surface area contributed by atoms with Crippen LogP contribution in [-0.4, -0.2) is 30.0 Å². The van der Waals surface area contributed by atoms with E-state index in [2.05, 4.69) is 40.4 Å². The average Bonchev–Trinajstić information content (AvgIpc) is 2.58. The summed E-state index contributed by atoms with van der Waals surface area (Å²) in [5.74, 6) is 0.619. The molecule has 0 radical (unpaired) electrons. The van der Waals surface area contributed by atoms with Gasteiger partial charge in [0.05, 0.1) is 5.56 Å². The van der Waals surface area contributed by atoms with E-state index in [9.17, 15) is 4.79 Å². The monoisotopic (exact) mass is 340 g/mol. The van der Waals surface area contributed by atoms with E-state index in [4.69, 9.17) is 0 Å². The van der Waals surface area contributed by atoms with E-state index < -0.39 is 0 Å². The highest BCUT2D eigenvalue weighted by Gasteiger charge is 2.10. The maximum Gasteiger partial charge on any atom is 0.257 e. The summed E-state index contributed by atoms with van der Waals surface area (Å²) in [6, 6.07) is 10.0. The molecular formula is C20H28N4O. The Kier molecular flexibility index (Phi) is 6.39. The molecular weight excluding hydrogens is 312 g/mol. The summed E-state index contributed by atoms with van der Waals surface area (Å²) in [7, 11) is 0. The molecule has 0 aliphatic heterocycles. The Balaban J connectivity index is 2.09. The minimum absolute atomic E-state index is 0.151. The van der Waals surface area contributed by atoms with Crippen molar-refractivity contribution in [2.75, 3.05) is 28.6 Å². The van der Waals surface area contributed by atoms with Crippen LogP contribution in [0.4, 0.5) is 17.2 Å². The minimum Gasteiger partial charge on any atom is -0.372 e. The van der Waals surface area contributed by atoms with Crippen LogP contribution in [0.3, 0.4) is 0 Å². The third kappa shape index (κ3) is 4.95. The molecule has 0 atom stereocenters.